The highest BCUT2D eigenvalue weighted by Crippen LogP contribution is 2.35. The molecule has 5 rings (SSSR count). The van der Waals surface area contributed by atoms with E-state index in [1.807, 2.05) is 24.3 Å². The number of para-hydroxylation sites is 1. The zero-order valence-corrected chi connectivity index (χ0v) is 19.2. The lowest BCUT2D eigenvalue weighted by atomic mass is 9.96. The number of carbonyl (C=O) groups excluding carboxylic acids is 1. The van der Waals surface area contributed by atoms with Crippen molar-refractivity contribution in [3.05, 3.63) is 70.5 Å². The Kier molecular flexibility index (Phi) is 6.36. The molecule has 3 heterocycles. The minimum atomic E-state index is -0.770. The van der Waals surface area contributed by atoms with Gasteiger partial charge in [-0.15, -0.1) is 0 Å². The van der Waals surface area contributed by atoms with Gasteiger partial charge in [-0.1, -0.05) is 18.2 Å². The first-order valence-corrected chi connectivity index (χ1v) is 11.4. The number of rotatable bonds is 7. The number of amides is 1. The smallest absolute Gasteiger partial charge is 0.248 e. The summed E-state index contributed by atoms with van der Waals surface area (Å²) in [6.07, 6.45) is 0.820. The molecule has 0 bridgehead atoms. The average molecular weight is 481 g/mol. The van der Waals surface area contributed by atoms with Crippen molar-refractivity contribution in [3.63, 3.8) is 0 Å². The van der Waals surface area contributed by atoms with Crippen LogP contribution in [0.5, 0.6) is 5.75 Å². The summed E-state index contributed by atoms with van der Waals surface area (Å²) in [5, 5.41) is 11.0. The lowest BCUT2D eigenvalue weighted by Gasteiger charge is -2.29. The molecule has 0 saturated heterocycles. The van der Waals surface area contributed by atoms with Crippen molar-refractivity contribution in [3.8, 4) is 5.75 Å². The Morgan fingerprint density at radius 3 is 2.74 bits per heavy atom. The van der Waals surface area contributed by atoms with Gasteiger partial charge in [-0.3, -0.25) is 9.78 Å². The van der Waals surface area contributed by atoms with E-state index in [2.05, 4.69) is 4.98 Å². The molecule has 2 aromatic heterocycles. The van der Waals surface area contributed by atoms with Gasteiger partial charge < -0.3 is 24.5 Å². The van der Waals surface area contributed by atoms with Gasteiger partial charge in [0.1, 0.15) is 6.61 Å². The van der Waals surface area contributed by atoms with Gasteiger partial charge in [-0.2, -0.15) is 0 Å². The van der Waals surface area contributed by atoms with Gasteiger partial charge in [0, 0.05) is 29.3 Å². The van der Waals surface area contributed by atoms with Crippen molar-refractivity contribution in [1.29, 1.82) is 0 Å². The second-order valence-electron chi connectivity index (χ2n) is 8.52. The lowest BCUT2D eigenvalue weighted by molar-refractivity contribution is -0.137. The number of aromatic amines is 1. The second kappa shape index (κ2) is 9.59. The zero-order valence-electron chi connectivity index (χ0n) is 19.2. The Labute approximate surface area is 200 Å². The molecule has 2 aromatic carbocycles. The molecule has 0 spiro atoms. The number of pyridine rings is 1. The molecule has 0 fully saturated rings. The van der Waals surface area contributed by atoms with Crippen LogP contribution in [-0.4, -0.2) is 59.4 Å². The Balaban J connectivity index is 1.58. The summed E-state index contributed by atoms with van der Waals surface area (Å²) in [4.78, 5) is 22.6. The summed E-state index contributed by atoms with van der Waals surface area (Å²) in [5.41, 5.74) is 4.66. The van der Waals surface area contributed by atoms with E-state index in [1.165, 1.54) is 19.2 Å². The van der Waals surface area contributed by atoms with Crippen LogP contribution in [0, 0.1) is 11.6 Å². The van der Waals surface area contributed by atoms with Crippen molar-refractivity contribution in [2.24, 2.45) is 0 Å². The van der Waals surface area contributed by atoms with E-state index < -0.39 is 17.4 Å². The molecular formula is C26H25F2N3O4. The van der Waals surface area contributed by atoms with E-state index in [9.17, 15) is 13.6 Å². The Morgan fingerprint density at radius 1 is 1.23 bits per heavy atom. The number of nitrogens with one attached hydrogen (secondary N) is 1. The number of carbonyl (C=O) groups is 1. The van der Waals surface area contributed by atoms with E-state index in [0.29, 0.717) is 30.8 Å². The third kappa shape index (κ3) is 4.33. The number of aromatic nitrogens is 2. The third-order valence-electron chi connectivity index (χ3n) is 6.33. The number of H-pyrrole nitrogens is 1. The highest BCUT2D eigenvalue weighted by Gasteiger charge is 2.26. The minimum Gasteiger partial charge on any atom is -0.491 e. The maximum atomic E-state index is 14.4. The summed E-state index contributed by atoms with van der Waals surface area (Å²) in [7, 11) is 1.22. The Morgan fingerprint density at radius 2 is 2.00 bits per heavy atom. The summed E-state index contributed by atoms with van der Waals surface area (Å²) < 4.78 is 38.7. The van der Waals surface area contributed by atoms with E-state index in [1.54, 1.807) is 4.90 Å². The quantitative estimate of drug-likeness (QED) is 0.395. The topological polar surface area (TPSA) is 87.7 Å². The fourth-order valence-electron chi connectivity index (χ4n) is 4.77. The number of methoxy groups -OCH3 is 1. The van der Waals surface area contributed by atoms with E-state index in [4.69, 9.17) is 19.6 Å². The van der Waals surface area contributed by atoms with Gasteiger partial charge in [0.05, 0.1) is 43.8 Å². The molecule has 9 heteroatoms. The zero-order chi connectivity index (χ0) is 24.5. The molecule has 1 aliphatic rings. The van der Waals surface area contributed by atoms with Crippen LogP contribution >= 0.6 is 0 Å². The van der Waals surface area contributed by atoms with Gasteiger partial charge in [-0.25, -0.2) is 8.78 Å². The summed E-state index contributed by atoms with van der Waals surface area (Å²) in [6.45, 7) is 0.682. The average Bonchev–Trinajstić information content (AvgIpc) is 3.24. The normalized spacial score (nSPS) is 13.4. The van der Waals surface area contributed by atoms with Gasteiger partial charge in [0.25, 0.3) is 0 Å². The third-order valence-corrected chi connectivity index (χ3v) is 6.33. The predicted octanol–water partition coefficient (Wildman–Crippen LogP) is 3.49. The number of fused-ring (bicyclic) bond motifs is 5. The van der Waals surface area contributed by atoms with Crippen LogP contribution in [0.15, 0.2) is 36.4 Å². The van der Waals surface area contributed by atoms with Crippen LogP contribution in [0.1, 0.15) is 22.5 Å². The van der Waals surface area contributed by atoms with Crippen molar-refractivity contribution in [1.82, 2.24) is 14.9 Å². The summed E-state index contributed by atoms with van der Waals surface area (Å²) in [5.74, 6) is -2.13. The van der Waals surface area contributed by atoms with Crippen molar-refractivity contribution < 1.29 is 28.2 Å². The lowest BCUT2D eigenvalue weighted by Crippen LogP contribution is -2.39. The molecule has 182 valence electrons. The minimum absolute atomic E-state index is 0.101. The van der Waals surface area contributed by atoms with Gasteiger partial charge >= 0.3 is 0 Å². The van der Waals surface area contributed by atoms with Crippen LogP contribution in [0.3, 0.4) is 0 Å². The number of hydrogen-bond donors (Lipinski definition) is 2. The standard InChI is InChI=1S/C26H25F2N3O4/c1-34-26-18(27)10-15(11-19(26)28)12-21-25-24(16-4-2-3-5-20(16)30-25)17-6-7-31(13-22(17)29-21)23(33)14-35-9-8-32/h2-5,10-11,30,32H,6-9,12-14H2,1H3. The molecule has 0 radical (unpaired) electrons. The number of ether oxygens (including phenoxy) is 2. The van der Waals surface area contributed by atoms with Gasteiger partial charge in [-0.05, 0) is 35.7 Å². The van der Waals surface area contributed by atoms with Crippen LogP contribution in [0.25, 0.3) is 21.8 Å². The van der Waals surface area contributed by atoms with E-state index in [-0.39, 0.29) is 32.1 Å². The molecule has 7 nitrogen and oxygen atoms in total. The second-order valence-corrected chi connectivity index (χ2v) is 8.52. The van der Waals surface area contributed by atoms with Gasteiger partial charge in [0.15, 0.2) is 17.4 Å². The van der Waals surface area contributed by atoms with Crippen LogP contribution < -0.4 is 4.74 Å². The number of aliphatic hydroxyl groups is 1. The summed E-state index contributed by atoms with van der Waals surface area (Å²) in [6, 6.07) is 10.4. The molecule has 2 N–H and O–H groups in total. The maximum Gasteiger partial charge on any atom is 0.248 e. The number of benzene rings is 2. The molecule has 0 atom stereocenters. The SMILES string of the molecule is COc1c(F)cc(Cc2nc3c(c4c2[nH]c2ccccc24)CCN(C(=O)COCCO)C3)cc1F. The molecule has 0 saturated carbocycles. The first-order valence-electron chi connectivity index (χ1n) is 11.4. The Hall–Kier alpha value is -3.56. The van der Waals surface area contributed by atoms with Crippen LogP contribution in [-0.2, 0) is 28.9 Å². The van der Waals surface area contributed by atoms with Crippen LogP contribution in [0.4, 0.5) is 8.78 Å². The predicted molar refractivity (Wildman–Crippen MR) is 126 cm³/mol. The van der Waals surface area contributed by atoms with Crippen molar-refractivity contribution >= 4 is 27.7 Å². The largest absolute Gasteiger partial charge is 0.491 e. The first-order chi connectivity index (χ1) is 17.0. The van der Waals surface area contributed by atoms with Gasteiger partial charge in [0.2, 0.25) is 5.91 Å². The number of hydrogen-bond acceptors (Lipinski definition) is 5. The molecule has 0 aliphatic carbocycles. The number of aliphatic hydroxyl groups excluding tert-OH is 1. The van der Waals surface area contributed by atoms with Crippen molar-refractivity contribution in [2.45, 2.75) is 19.4 Å². The molecule has 4 aromatic rings. The highest BCUT2D eigenvalue weighted by molar-refractivity contribution is 6.10. The fourth-order valence-corrected chi connectivity index (χ4v) is 4.77. The van der Waals surface area contributed by atoms with Crippen molar-refractivity contribution in [2.75, 3.05) is 33.5 Å². The number of nitrogens with zero attached hydrogens (tertiary/aromatic N) is 2. The molecule has 1 aliphatic heterocycles. The molecular weight excluding hydrogens is 456 g/mol. The van der Waals surface area contributed by atoms with Crippen LogP contribution in [0.2, 0.25) is 0 Å². The molecule has 35 heavy (non-hydrogen) atoms. The maximum absolute atomic E-state index is 14.4. The molecule has 1 amide bonds. The number of halogens is 2. The van der Waals surface area contributed by atoms with E-state index in [0.717, 1.165) is 33.1 Å². The Bertz CT molecular complexity index is 1400. The highest BCUT2D eigenvalue weighted by atomic mass is 19.1. The monoisotopic (exact) mass is 481 g/mol. The molecule has 0 unspecified atom stereocenters. The summed E-state index contributed by atoms with van der Waals surface area (Å²) >= 11 is 0. The fraction of sp³-hybridized carbons (Fsp3) is 0.308. The van der Waals surface area contributed by atoms with E-state index >= 15 is 0 Å². The first kappa shape index (κ1) is 23.2.